The van der Waals surface area contributed by atoms with Gasteiger partial charge in [-0.3, -0.25) is 0 Å². The van der Waals surface area contributed by atoms with Crippen molar-refractivity contribution >= 4 is 22.6 Å². The van der Waals surface area contributed by atoms with Gasteiger partial charge in [-0.25, -0.2) is 0 Å². The van der Waals surface area contributed by atoms with E-state index < -0.39 is 0 Å². The Kier molecular flexibility index (Phi) is 0.860. The molecule has 2 atom stereocenters. The Morgan fingerprint density at radius 1 is 1.80 bits per heavy atom. The Hall–Kier alpha value is 0.730. The molecule has 0 radical (unpaired) electrons. The third-order valence-electron chi connectivity index (χ3n) is 1.01. The zero-order valence-electron chi connectivity index (χ0n) is 3.24. The van der Waals surface area contributed by atoms with E-state index in [1.807, 2.05) is 0 Å². The molecule has 1 rings (SSSR count). The van der Waals surface area contributed by atoms with Crippen LogP contribution in [0.4, 0.5) is 0 Å². The molecule has 0 bridgehead atoms. The van der Waals surface area contributed by atoms with E-state index in [1.54, 1.807) is 0 Å². The SMILES string of the molecule is CC1C[C@@H]1I. The maximum absolute atomic E-state index is 2.48. The Bertz CT molecular complexity index is 36.9. The summed E-state index contributed by atoms with van der Waals surface area (Å²) in [5, 5.41) is 0. The third kappa shape index (κ3) is 0.778. The van der Waals surface area contributed by atoms with Gasteiger partial charge in [0.1, 0.15) is 0 Å². The van der Waals surface area contributed by atoms with Gasteiger partial charge in [0, 0.05) is 3.92 Å². The summed E-state index contributed by atoms with van der Waals surface area (Å²) in [6.45, 7) is 2.29. The van der Waals surface area contributed by atoms with Gasteiger partial charge < -0.3 is 0 Å². The largest absolute Gasteiger partial charge is 0.0823 e. The number of halogens is 1. The van der Waals surface area contributed by atoms with E-state index in [2.05, 4.69) is 29.5 Å². The lowest BCUT2D eigenvalue weighted by atomic mass is 10.5. The van der Waals surface area contributed by atoms with Crippen molar-refractivity contribution in [3.8, 4) is 0 Å². The second-order valence-corrected chi connectivity index (χ2v) is 3.33. The van der Waals surface area contributed by atoms with E-state index in [9.17, 15) is 0 Å². The van der Waals surface area contributed by atoms with Crippen LogP contribution in [0.25, 0.3) is 0 Å². The molecular weight excluding hydrogens is 175 g/mol. The monoisotopic (exact) mass is 182 g/mol. The van der Waals surface area contributed by atoms with E-state index >= 15 is 0 Å². The first-order valence-corrected chi connectivity index (χ1v) is 3.19. The lowest BCUT2D eigenvalue weighted by Gasteiger charge is -1.64. The molecule has 0 amide bonds. The van der Waals surface area contributed by atoms with E-state index in [0.717, 1.165) is 9.84 Å². The minimum Gasteiger partial charge on any atom is -0.0823 e. The third-order valence-corrected chi connectivity index (χ3v) is 2.75. The fraction of sp³-hybridized carbons (Fsp3) is 1.00. The Morgan fingerprint density at radius 3 is 2.00 bits per heavy atom. The van der Waals surface area contributed by atoms with Crippen LogP contribution in [0.5, 0.6) is 0 Å². The molecule has 1 unspecified atom stereocenters. The van der Waals surface area contributed by atoms with Gasteiger partial charge in [-0.1, -0.05) is 29.5 Å². The van der Waals surface area contributed by atoms with Gasteiger partial charge in [0.05, 0.1) is 0 Å². The van der Waals surface area contributed by atoms with Gasteiger partial charge >= 0.3 is 0 Å². The molecule has 1 aliphatic carbocycles. The summed E-state index contributed by atoms with van der Waals surface area (Å²) in [5.41, 5.74) is 0. The highest BCUT2D eigenvalue weighted by Gasteiger charge is 2.28. The zero-order valence-corrected chi connectivity index (χ0v) is 5.40. The summed E-state index contributed by atoms with van der Waals surface area (Å²) in [6.07, 6.45) is 1.46. The maximum Gasteiger partial charge on any atom is 0.0138 e. The molecule has 0 saturated heterocycles. The highest BCUT2D eigenvalue weighted by molar-refractivity contribution is 14.1. The molecule has 1 aliphatic rings. The number of alkyl halides is 1. The van der Waals surface area contributed by atoms with E-state index in [0.29, 0.717) is 0 Å². The first kappa shape index (κ1) is 3.90. The van der Waals surface area contributed by atoms with Gasteiger partial charge in [0.25, 0.3) is 0 Å². The van der Waals surface area contributed by atoms with Crippen molar-refractivity contribution in [2.24, 2.45) is 5.92 Å². The molecule has 0 spiro atoms. The van der Waals surface area contributed by atoms with Crippen LogP contribution < -0.4 is 0 Å². The van der Waals surface area contributed by atoms with Crippen molar-refractivity contribution < 1.29 is 0 Å². The van der Waals surface area contributed by atoms with Crippen LogP contribution in [0, 0.1) is 5.92 Å². The molecule has 1 saturated carbocycles. The van der Waals surface area contributed by atoms with Crippen molar-refractivity contribution in [2.75, 3.05) is 0 Å². The molecule has 1 fully saturated rings. The van der Waals surface area contributed by atoms with E-state index in [-0.39, 0.29) is 0 Å². The van der Waals surface area contributed by atoms with Crippen molar-refractivity contribution in [3.05, 3.63) is 0 Å². The molecule has 0 aromatic carbocycles. The first-order valence-electron chi connectivity index (χ1n) is 1.95. The summed E-state index contributed by atoms with van der Waals surface area (Å²) in [4.78, 5) is 0. The average molecular weight is 182 g/mol. The van der Waals surface area contributed by atoms with Gasteiger partial charge in [0.2, 0.25) is 0 Å². The summed E-state index contributed by atoms with van der Waals surface area (Å²) < 4.78 is 1.02. The molecule has 1 heteroatoms. The van der Waals surface area contributed by atoms with Crippen molar-refractivity contribution in [2.45, 2.75) is 17.3 Å². The zero-order chi connectivity index (χ0) is 3.86. The first-order chi connectivity index (χ1) is 2.30. The lowest BCUT2D eigenvalue weighted by Crippen LogP contribution is -1.59. The van der Waals surface area contributed by atoms with Crippen LogP contribution in [-0.2, 0) is 0 Å². The normalized spacial score (nSPS) is 49.2. The standard InChI is InChI=1S/C4H7I/c1-3-2-4(3)5/h3-4H,2H2,1H3/t3?,4-/m0/s1. The molecule has 0 aliphatic heterocycles. The summed E-state index contributed by atoms with van der Waals surface area (Å²) in [5.74, 6) is 1.04. The number of rotatable bonds is 0. The average Bonchev–Trinajstić information content (AvgIpc) is 1.79. The molecule has 0 N–H and O–H groups in total. The molecule has 0 aromatic rings. The smallest absolute Gasteiger partial charge is 0.0138 e. The summed E-state index contributed by atoms with van der Waals surface area (Å²) >= 11 is 2.48. The highest BCUT2D eigenvalue weighted by atomic mass is 127. The predicted octanol–water partition coefficient (Wildman–Crippen LogP) is 1.83. The summed E-state index contributed by atoms with van der Waals surface area (Å²) in [7, 11) is 0. The Balaban J connectivity index is 2.20. The van der Waals surface area contributed by atoms with Gasteiger partial charge in [0.15, 0.2) is 0 Å². The van der Waals surface area contributed by atoms with E-state index in [1.165, 1.54) is 6.42 Å². The van der Waals surface area contributed by atoms with Gasteiger partial charge in [-0.05, 0) is 12.3 Å². The quantitative estimate of drug-likeness (QED) is 0.396. The Labute approximate surface area is 46.1 Å². The minimum absolute atomic E-state index is 1.02. The van der Waals surface area contributed by atoms with Crippen LogP contribution in [0.1, 0.15) is 13.3 Å². The maximum atomic E-state index is 2.48. The molecular formula is C4H7I. The molecule has 0 aromatic heterocycles. The fourth-order valence-corrected chi connectivity index (χ4v) is 1.08. The van der Waals surface area contributed by atoms with Crippen molar-refractivity contribution in [1.82, 2.24) is 0 Å². The van der Waals surface area contributed by atoms with Gasteiger partial charge in [-0.2, -0.15) is 0 Å². The minimum atomic E-state index is 1.02. The molecule has 0 nitrogen and oxygen atoms in total. The number of hydrogen-bond acceptors (Lipinski definition) is 0. The van der Waals surface area contributed by atoms with Gasteiger partial charge in [-0.15, -0.1) is 0 Å². The molecule has 5 heavy (non-hydrogen) atoms. The predicted molar refractivity (Wildman–Crippen MR) is 31.6 cm³/mol. The lowest BCUT2D eigenvalue weighted by molar-refractivity contribution is 0.994. The van der Waals surface area contributed by atoms with Crippen LogP contribution in [0.15, 0.2) is 0 Å². The Morgan fingerprint density at radius 2 is 2.00 bits per heavy atom. The van der Waals surface area contributed by atoms with Crippen LogP contribution in [0.2, 0.25) is 0 Å². The topological polar surface area (TPSA) is 0 Å². The second-order valence-electron chi connectivity index (χ2n) is 1.73. The highest BCUT2D eigenvalue weighted by Crippen LogP contribution is 2.36. The van der Waals surface area contributed by atoms with Crippen LogP contribution >= 0.6 is 22.6 Å². The van der Waals surface area contributed by atoms with E-state index in [4.69, 9.17) is 0 Å². The molecule has 0 heterocycles. The van der Waals surface area contributed by atoms with Crippen molar-refractivity contribution in [3.63, 3.8) is 0 Å². The fourth-order valence-electron chi connectivity index (χ4n) is 0.277. The van der Waals surface area contributed by atoms with Crippen molar-refractivity contribution in [1.29, 1.82) is 0 Å². The number of hydrogen-bond donors (Lipinski definition) is 0. The van der Waals surface area contributed by atoms with Crippen LogP contribution in [-0.4, -0.2) is 3.92 Å². The molecule has 30 valence electrons. The summed E-state index contributed by atoms with van der Waals surface area (Å²) in [6, 6.07) is 0. The van der Waals surface area contributed by atoms with Crippen LogP contribution in [0.3, 0.4) is 0 Å². The second kappa shape index (κ2) is 1.10.